The summed E-state index contributed by atoms with van der Waals surface area (Å²) in [5.74, 6) is -0.401. The minimum absolute atomic E-state index is 0.0838. The quantitative estimate of drug-likeness (QED) is 0.0348. The molecule has 5 nitrogen and oxygen atoms in total. The second kappa shape index (κ2) is 49.7. The Bertz CT molecular complexity index is 882. The highest BCUT2D eigenvalue weighted by molar-refractivity contribution is 5.70. The molecule has 0 aliphatic carbocycles. The van der Waals surface area contributed by atoms with Gasteiger partial charge < -0.3 is 14.2 Å². The van der Waals surface area contributed by atoms with Gasteiger partial charge in [0.25, 0.3) is 0 Å². The van der Waals surface area contributed by atoms with Crippen LogP contribution in [0.4, 0.5) is 0 Å². The zero-order valence-electron chi connectivity index (χ0n) is 39.3. The Hall–Kier alpha value is -1.62. The molecule has 0 radical (unpaired) electrons. The predicted molar refractivity (Wildman–Crippen MR) is 252 cm³/mol. The highest BCUT2D eigenvalue weighted by Crippen LogP contribution is 2.15. The number of carbonyl (C=O) groups excluding carboxylic acids is 2. The van der Waals surface area contributed by atoms with Crippen LogP contribution >= 0.6 is 0 Å². The highest BCUT2D eigenvalue weighted by atomic mass is 16.6. The van der Waals surface area contributed by atoms with Crippen molar-refractivity contribution in [2.75, 3.05) is 19.8 Å². The van der Waals surface area contributed by atoms with E-state index < -0.39 is 6.10 Å². The van der Waals surface area contributed by atoms with Crippen molar-refractivity contribution in [1.29, 1.82) is 0 Å². The van der Waals surface area contributed by atoms with Crippen molar-refractivity contribution >= 4 is 11.9 Å². The van der Waals surface area contributed by atoms with Gasteiger partial charge in [0.05, 0.1) is 6.61 Å². The van der Waals surface area contributed by atoms with Crippen LogP contribution in [0.2, 0.25) is 0 Å². The number of hydrogen-bond donors (Lipinski definition) is 0. The van der Waals surface area contributed by atoms with Gasteiger partial charge in [0, 0.05) is 19.4 Å². The lowest BCUT2D eigenvalue weighted by molar-refractivity contribution is -0.163. The third-order valence-electron chi connectivity index (χ3n) is 11.5. The summed E-state index contributed by atoms with van der Waals surface area (Å²) in [5.41, 5.74) is 0. The molecule has 5 heteroatoms. The minimum atomic E-state index is -0.536. The fourth-order valence-electron chi connectivity index (χ4n) is 7.56. The fraction of sp³-hybridized carbons (Fsp3) is 0.887. The molecule has 342 valence electrons. The van der Waals surface area contributed by atoms with Crippen molar-refractivity contribution < 1.29 is 23.8 Å². The molecule has 0 heterocycles. The summed E-state index contributed by atoms with van der Waals surface area (Å²) in [7, 11) is 0. The maximum Gasteiger partial charge on any atom is 0.306 e. The second-order valence-electron chi connectivity index (χ2n) is 17.4. The Balaban J connectivity index is 4.24. The van der Waals surface area contributed by atoms with E-state index in [1.54, 1.807) is 0 Å². The van der Waals surface area contributed by atoms with Crippen LogP contribution in [0.15, 0.2) is 24.3 Å². The van der Waals surface area contributed by atoms with Crippen LogP contribution in [0.25, 0.3) is 0 Å². The zero-order valence-corrected chi connectivity index (χ0v) is 39.3. The lowest BCUT2D eigenvalue weighted by Gasteiger charge is -2.18. The van der Waals surface area contributed by atoms with Gasteiger partial charge in [0.15, 0.2) is 6.10 Å². The number of carbonyl (C=O) groups is 2. The first-order chi connectivity index (χ1) is 28.6. The molecular formula is C53H100O5. The van der Waals surface area contributed by atoms with Crippen LogP contribution in [0, 0.1) is 0 Å². The Kier molecular flexibility index (Phi) is 48.4. The molecular weight excluding hydrogens is 717 g/mol. The molecule has 1 atom stereocenters. The van der Waals surface area contributed by atoms with Gasteiger partial charge in [-0.05, 0) is 70.6 Å². The van der Waals surface area contributed by atoms with Crippen LogP contribution in [0.3, 0.4) is 0 Å². The van der Waals surface area contributed by atoms with Gasteiger partial charge >= 0.3 is 11.9 Å². The summed E-state index contributed by atoms with van der Waals surface area (Å²) < 4.78 is 17.4. The summed E-state index contributed by atoms with van der Waals surface area (Å²) in [4.78, 5) is 25.4. The minimum Gasteiger partial charge on any atom is -0.462 e. The first-order valence-electron chi connectivity index (χ1n) is 25.9. The lowest BCUT2D eigenvalue weighted by Crippen LogP contribution is -2.30. The largest absolute Gasteiger partial charge is 0.462 e. The molecule has 0 bridgehead atoms. The van der Waals surface area contributed by atoms with Crippen molar-refractivity contribution in [3.05, 3.63) is 24.3 Å². The van der Waals surface area contributed by atoms with Crippen molar-refractivity contribution in [3.8, 4) is 0 Å². The summed E-state index contributed by atoms with van der Waals surface area (Å²) >= 11 is 0. The maximum absolute atomic E-state index is 12.8. The normalized spacial score (nSPS) is 12.3. The number of hydrogen-bond acceptors (Lipinski definition) is 5. The van der Waals surface area contributed by atoms with E-state index in [1.807, 2.05) is 0 Å². The van der Waals surface area contributed by atoms with Crippen LogP contribution < -0.4 is 0 Å². The molecule has 0 aliphatic rings. The van der Waals surface area contributed by atoms with E-state index in [0.717, 1.165) is 57.8 Å². The molecule has 0 fully saturated rings. The van der Waals surface area contributed by atoms with Crippen LogP contribution in [-0.4, -0.2) is 37.9 Å². The molecule has 0 unspecified atom stereocenters. The number of unbranched alkanes of at least 4 members (excludes halogenated alkanes) is 33. The van der Waals surface area contributed by atoms with Crippen LogP contribution in [-0.2, 0) is 23.8 Å². The molecule has 0 rings (SSSR count). The van der Waals surface area contributed by atoms with E-state index in [-0.39, 0.29) is 25.2 Å². The van der Waals surface area contributed by atoms with Crippen LogP contribution in [0.5, 0.6) is 0 Å². The van der Waals surface area contributed by atoms with E-state index in [2.05, 4.69) is 45.1 Å². The zero-order chi connectivity index (χ0) is 42.1. The van der Waals surface area contributed by atoms with Gasteiger partial charge in [-0.25, -0.2) is 0 Å². The summed E-state index contributed by atoms with van der Waals surface area (Å²) in [6.45, 7) is 7.85. The fourth-order valence-corrected chi connectivity index (χ4v) is 7.56. The molecule has 58 heavy (non-hydrogen) atoms. The number of ether oxygens (including phenoxy) is 3. The highest BCUT2D eigenvalue weighted by Gasteiger charge is 2.17. The SMILES string of the molecule is CCCCCCCC/C=C\CCCCCCCC(=O)OC[C@H](COCCCCCCCCCCCCCC)OC(=O)CCCCCCC/C=C\CCCCCCCC. The molecule has 0 aromatic heterocycles. The third kappa shape index (κ3) is 47.1. The molecule has 0 aromatic rings. The number of esters is 2. The average Bonchev–Trinajstić information content (AvgIpc) is 3.22. The lowest BCUT2D eigenvalue weighted by atomic mass is 10.1. The maximum atomic E-state index is 12.8. The summed E-state index contributed by atoms with van der Waals surface area (Å²) in [6, 6.07) is 0. The second-order valence-corrected chi connectivity index (χ2v) is 17.4. The van der Waals surface area contributed by atoms with Gasteiger partial charge in [0.2, 0.25) is 0 Å². The molecule has 0 N–H and O–H groups in total. The van der Waals surface area contributed by atoms with E-state index in [0.29, 0.717) is 19.4 Å². The van der Waals surface area contributed by atoms with Gasteiger partial charge in [-0.1, -0.05) is 218 Å². The Morgan fingerprint density at radius 2 is 0.672 bits per heavy atom. The molecule has 0 aliphatic heterocycles. The third-order valence-corrected chi connectivity index (χ3v) is 11.5. The van der Waals surface area contributed by atoms with Crippen molar-refractivity contribution in [2.45, 2.75) is 284 Å². The molecule has 0 saturated heterocycles. The van der Waals surface area contributed by atoms with Gasteiger partial charge in [0.1, 0.15) is 6.61 Å². The first kappa shape index (κ1) is 56.4. The van der Waals surface area contributed by atoms with Gasteiger partial charge in [-0.15, -0.1) is 0 Å². The smallest absolute Gasteiger partial charge is 0.306 e. The molecule has 0 saturated carbocycles. The van der Waals surface area contributed by atoms with Crippen molar-refractivity contribution in [2.24, 2.45) is 0 Å². The summed E-state index contributed by atoms with van der Waals surface area (Å²) in [5, 5.41) is 0. The van der Waals surface area contributed by atoms with E-state index in [4.69, 9.17) is 14.2 Å². The number of rotatable bonds is 48. The summed E-state index contributed by atoms with van der Waals surface area (Å²) in [6.07, 6.45) is 57.5. The van der Waals surface area contributed by atoms with Crippen molar-refractivity contribution in [3.63, 3.8) is 0 Å². The van der Waals surface area contributed by atoms with Crippen LogP contribution in [0.1, 0.15) is 278 Å². The average molecular weight is 817 g/mol. The molecule has 0 spiro atoms. The molecule has 0 amide bonds. The number of allylic oxidation sites excluding steroid dienone is 4. The van der Waals surface area contributed by atoms with E-state index in [9.17, 15) is 9.59 Å². The Labute approximate surface area is 362 Å². The standard InChI is InChI=1S/C53H100O5/c1-4-7-10-13-16-19-22-25-27-29-31-34-37-40-43-46-52(54)57-50-51(49-56-48-45-42-39-36-33-24-21-18-15-12-9-6-3)58-53(55)47-44-41-38-35-32-30-28-26-23-20-17-14-11-8-5-2/h25-28,51H,4-24,29-50H2,1-3H3/b27-25-,28-26-/t51-/m0/s1. The van der Waals surface area contributed by atoms with Gasteiger partial charge in [-0.3, -0.25) is 9.59 Å². The van der Waals surface area contributed by atoms with E-state index >= 15 is 0 Å². The Morgan fingerprint density at radius 1 is 0.362 bits per heavy atom. The monoisotopic (exact) mass is 817 g/mol. The predicted octanol–water partition coefficient (Wildman–Crippen LogP) is 17.2. The molecule has 0 aromatic carbocycles. The first-order valence-corrected chi connectivity index (χ1v) is 25.9. The topological polar surface area (TPSA) is 61.8 Å². The van der Waals surface area contributed by atoms with E-state index in [1.165, 1.54) is 186 Å². The Morgan fingerprint density at radius 3 is 1.05 bits per heavy atom. The van der Waals surface area contributed by atoms with Crippen molar-refractivity contribution in [1.82, 2.24) is 0 Å². The van der Waals surface area contributed by atoms with Gasteiger partial charge in [-0.2, -0.15) is 0 Å².